The summed E-state index contributed by atoms with van der Waals surface area (Å²) in [5.41, 5.74) is 5.66. The van der Waals surface area contributed by atoms with E-state index in [4.69, 9.17) is 5.73 Å². The zero-order valence-electron chi connectivity index (χ0n) is 5.37. The number of carbonyl (C=O) groups excluding carboxylic acids is 1. The lowest BCUT2D eigenvalue weighted by molar-refractivity contribution is -0.117. The number of rotatable bonds is 2. The zero-order chi connectivity index (χ0) is 7.40. The van der Waals surface area contributed by atoms with E-state index < -0.39 is 0 Å². The summed E-state index contributed by atoms with van der Waals surface area (Å²) in [6.45, 7) is 0.430. The van der Waals surface area contributed by atoms with E-state index in [1.165, 1.54) is 6.20 Å². The van der Waals surface area contributed by atoms with Crippen LogP contribution in [0.4, 0.5) is 0 Å². The number of azo groups is 1. The first kappa shape index (κ1) is 6.73. The molecule has 1 aliphatic rings. The van der Waals surface area contributed by atoms with Gasteiger partial charge in [0.25, 0.3) is 0 Å². The van der Waals surface area contributed by atoms with Crippen molar-refractivity contribution in [3.63, 3.8) is 0 Å². The third kappa shape index (κ3) is 1.85. The van der Waals surface area contributed by atoms with Crippen LogP contribution in [0.1, 0.15) is 6.42 Å². The summed E-state index contributed by atoms with van der Waals surface area (Å²) in [4.78, 5) is 10.3. The number of nitrogens with one attached hydrogen (secondary N) is 1. The van der Waals surface area contributed by atoms with Crippen molar-refractivity contribution in [3.8, 4) is 0 Å². The van der Waals surface area contributed by atoms with Crippen LogP contribution in [0.2, 0.25) is 0 Å². The van der Waals surface area contributed by atoms with Gasteiger partial charge in [-0.25, -0.2) is 0 Å². The van der Waals surface area contributed by atoms with E-state index in [1.807, 2.05) is 0 Å². The van der Waals surface area contributed by atoms with Gasteiger partial charge in [0, 0.05) is 5.70 Å². The topological polar surface area (TPSA) is 79.8 Å². The van der Waals surface area contributed by atoms with Crippen LogP contribution in [-0.2, 0) is 4.79 Å². The lowest BCUT2D eigenvalue weighted by Crippen LogP contribution is -2.21. The Bertz CT molecular complexity index is 196. The van der Waals surface area contributed by atoms with E-state index >= 15 is 0 Å². The van der Waals surface area contributed by atoms with Crippen LogP contribution >= 0.6 is 0 Å². The summed E-state index contributed by atoms with van der Waals surface area (Å²) >= 11 is 0. The van der Waals surface area contributed by atoms with Crippen molar-refractivity contribution in [3.05, 3.63) is 11.9 Å². The van der Waals surface area contributed by atoms with Gasteiger partial charge in [-0.2, -0.15) is 10.2 Å². The molecule has 3 N–H and O–H groups in total. The number of nitrogens with zero attached hydrogens (tertiary/aromatic N) is 2. The Morgan fingerprint density at radius 2 is 2.70 bits per heavy atom. The second kappa shape index (κ2) is 2.95. The molecule has 54 valence electrons. The number of hydrogen-bond acceptors (Lipinski definition) is 4. The molecule has 0 spiro atoms. The van der Waals surface area contributed by atoms with E-state index in [0.717, 1.165) is 5.70 Å². The first-order valence-corrected chi connectivity index (χ1v) is 2.87. The average Bonchev–Trinajstić information content (AvgIpc) is 1.88. The molecule has 10 heavy (non-hydrogen) atoms. The molecule has 1 aliphatic heterocycles. The molecule has 1 amide bonds. The maximum absolute atomic E-state index is 10.3. The van der Waals surface area contributed by atoms with Gasteiger partial charge in [0.1, 0.15) is 6.67 Å². The molecule has 0 saturated heterocycles. The largest absolute Gasteiger partial charge is 0.369 e. The van der Waals surface area contributed by atoms with Crippen LogP contribution in [-0.4, -0.2) is 12.6 Å². The Balaban J connectivity index is 2.47. The molecule has 0 saturated carbocycles. The van der Waals surface area contributed by atoms with Crippen molar-refractivity contribution in [2.24, 2.45) is 16.0 Å². The summed E-state index contributed by atoms with van der Waals surface area (Å²) in [5, 5.41) is 10.1. The molecule has 0 aromatic heterocycles. The molecule has 0 radical (unpaired) electrons. The predicted octanol–water partition coefficient (Wildman–Crippen LogP) is -0.284. The van der Waals surface area contributed by atoms with Gasteiger partial charge < -0.3 is 11.1 Å². The number of amides is 1. The Kier molecular flexibility index (Phi) is 1.99. The van der Waals surface area contributed by atoms with Crippen molar-refractivity contribution >= 4 is 5.91 Å². The Hall–Kier alpha value is -1.39. The molecule has 1 rings (SSSR count). The van der Waals surface area contributed by atoms with Gasteiger partial charge in [0.2, 0.25) is 5.91 Å². The summed E-state index contributed by atoms with van der Waals surface area (Å²) in [6, 6.07) is 0. The quantitative estimate of drug-likeness (QED) is 0.553. The van der Waals surface area contributed by atoms with Crippen LogP contribution < -0.4 is 11.1 Å². The fourth-order valence-corrected chi connectivity index (χ4v) is 0.630. The van der Waals surface area contributed by atoms with Gasteiger partial charge in [-0.15, -0.1) is 0 Å². The highest BCUT2D eigenvalue weighted by Gasteiger charge is 2.02. The van der Waals surface area contributed by atoms with Crippen LogP contribution in [0.15, 0.2) is 22.1 Å². The molecule has 5 nitrogen and oxygen atoms in total. The molecule has 1 heterocycles. The van der Waals surface area contributed by atoms with Crippen molar-refractivity contribution < 1.29 is 4.79 Å². The highest BCUT2D eigenvalue weighted by atomic mass is 16.1. The SMILES string of the molecule is NC(=O)CC1=CN=NCN1. The van der Waals surface area contributed by atoms with Gasteiger partial charge in [-0.3, -0.25) is 4.79 Å². The van der Waals surface area contributed by atoms with E-state index in [0.29, 0.717) is 6.67 Å². The van der Waals surface area contributed by atoms with Gasteiger partial charge in [-0.05, 0) is 0 Å². The van der Waals surface area contributed by atoms with Crippen LogP contribution in [0, 0.1) is 0 Å². The maximum Gasteiger partial charge on any atom is 0.223 e. The smallest absolute Gasteiger partial charge is 0.223 e. The minimum atomic E-state index is -0.365. The first-order valence-electron chi connectivity index (χ1n) is 2.87. The first-order chi connectivity index (χ1) is 4.79. The number of hydrogen-bond donors (Lipinski definition) is 2. The summed E-state index contributed by atoms with van der Waals surface area (Å²) in [6.07, 6.45) is 1.70. The average molecular weight is 140 g/mol. The minimum absolute atomic E-state index is 0.207. The third-order valence-corrected chi connectivity index (χ3v) is 1.04. The summed E-state index contributed by atoms with van der Waals surface area (Å²) < 4.78 is 0. The second-order valence-corrected chi connectivity index (χ2v) is 1.89. The molecule has 0 fully saturated rings. The lowest BCUT2D eigenvalue weighted by atomic mass is 10.3. The highest BCUT2D eigenvalue weighted by molar-refractivity contribution is 5.76. The van der Waals surface area contributed by atoms with Gasteiger partial charge in [-0.1, -0.05) is 0 Å². The summed E-state index contributed by atoms with van der Waals surface area (Å²) in [7, 11) is 0. The normalized spacial score (nSPS) is 15.8. The zero-order valence-corrected chi connectivity index (χ0v) is 5.37. The van der Waals surface area contributed by atoms with Gasteiger partial charge in [0.05, 0.1) is 12.6 Å². The van der Waals surface area contributed by atoms with E-state index in [2.05, 4.69) is 15.5 Å². The van der Waals surface area contributed by atoms with Crippen LogP contribution in [0.5, 0.6) is 0 Å². The fourth-order valence-electron chi connectivity index (χ4n) is 0.630. The Morgan fingerprint density at radius 3 is 3.20 bits per heavy atom. The van der Waals surface area contributed by atoms with Crippen molar-refractivity contribution in [2.75, 3.05) is 6.67 Å². The molecule has 0 aromatic rings. The molecular weight excluding hydrogens is 132 g/mol. The van der Waals surface area contributed by atoms with Crippen LogP contribution in [0.3, 0.4) is 0 Å². The Morgan fingerprint density at radius 1 is 1.90 bits per heavy atom. The predicted molar refractivity (Wildman–Crippen MR) is 34.8 cm³/mol. The van der Waals surface area contributed by atoms with Crippen molar-refractivity contribution in [1.29, 1.82) is 0 Å². The van der Waals surface area contributed by atoms with Gasteiger partial charge in [0.15, 0.2) is 0 Å². The minimum Gasteiger partial charge on any atom is -0.369 e. The molecule has 0 aromatic carbocycles. The van der Waals surface area contributed by atoms with E-state index in [-0.39, 0.29) is 12.3 Å². The standard InChI is InChI=1S/C5H8N4O/c6-5(10)1-4-2-8-9-3-7-4/h2,7H,1,3H2,(H2,6,10). The molecule has 0 atom stereocenters. The maximum atomic E-state index is 10.3. The van der Waals surface area contributed by atoms with Gasteiger partial charge >= 0.3 is 0 Å². The van der Waals surface area contributed by atoms with Crippen molar-refractivity contribution in [2.45, 2.75) is 6.42 Å². The number of carbonyl (C=O) groups is 1. The highest BCUT2D eigenvalue weighted by Crippen LogP contribution is 1.99. The molecule has 0 unspecified atom stereocenters. The van der Waals surface area contributed by atoms with Crippen LogP contribution in [0.25, 0.3) is 0 Å². The van der Waals surface area contributed by atoms with Crippen molar-refractivity contribution in [1.82, 2.24) is 5.32 Å². The lowest BCUT2D eigenvalue weighted by Gasteiger charge is -2.07. The monoisotopic (exact) mass is 140 g/mol. The fraction of sp³-hybridized carbons (Fsp3) is 0.400. The second-order valence-electron chi connectivity index (χ2n) is 1.89. The molecule has 5 heteroatoms. The van der Waals surface area contributed by atoms with E-state index in [9.17, 15) is 4.79 Å². The summed E-state index contributed by atoms with van der Waals surface area (Å²) in [5.74, 6) is -0.365. The van der Waals surface area contributed by atoms with E-state index in [1.54, 1.807) is 0 Å². The number of primary amides is 1. The number of nitrogens with two attached hydrogens (primary N) is 1. The Labute approximate surface area is 58.0 Å². The molecule has 0 bridgehead atoms. The molecule has 0 aliphatic carbocycles. The third-order valence-electron chi connectivity index (χ3n) is 1.04. The molecular formula is C5H8N4O.